The van der Waals surface area contributed by atoms with Crippen LogP contribution in [0.2, 0.25) is 0 Å². The Labute approximate surface area is 155 Å². The predicted molar refractivity (Wildman–Crippen MR) is 103 cm³/mol. The number of hydrogen-bond acceptors (Lipinski definition) is 3. The first-order valence-corrected chi connectivity index (χ1v) is 10.7. The van der Waals surface area contributed by atoms with Crippen molar-refractivity contribution in [1.29, 1.82) is 0 Å². The van der Waals surface area contributed by atoms with Crippen molar-refractivity contribution in [3.63, 3.8) is 0 Å². The summed E-state index contributed by atoms with van der Waals surface area (Å²) in [5.74, 6) is -0.247. The van der Waals surface area contributed by atoms with Gasteiger partial charge in [-0.25, -0.2) is 8.42 Å². The van der Waals surface area contributed by atoms with Gasteiger partial charge >= 0.3 is 0 Å². The molecular formula is C20H26N2O3S. The maximum Gasteiger partial charge on any atom is 0.241 e. The predicted octanol–water partition coefficient (Wildman–Crippen LogP) is 3.16. The lowest BCUT2D eigenvalue weighted by Gasteiger charge is -2.32. The minimum absolute atomic E-state index is 0.121. The van der Waals surface area contributed by atoms with Gasteiger partial charge in [-0.15, -0.1) is 0 Å². The van der Waals surface area contributed by atoms with E-state index in [0.29, 0.717) is 13.1 Å². The molecule has 1 unspecified atom stereocenters. The van der Waals surface area contributed by atoms with Crippen LogP contribution < -0.4 is 4.72 Å². The molecule has 0 aromatic heterocycles. The van der Waals surface area contributed by atoms with E-state index in [0.717, 1.165) is 30.0 Å². The normalized spacial score (nSPS) is 16.8. The van der Waals surface area contributed by atoms with Gasteiger partial charge in [0.05, 0.1) is 4.90 Å². The smallest absolute Gasteiger partial charge is 0.241 e. The molecular weight excluding hydrogens is 348 g/mol. The van der Waals surface area contributed by atoms with E-state index in [1.165, 1.54) is 0 Å². The molecule has 3 rings (SSSR count). The standard InChI is InChI=1S/C20H26N2O3S/c1-15(2)19(20(23)22-12-6-3-7-13-22)21-26(24,25)18-11-10-16-8-4-5-9-17(16)14-18/h4-5,8-11,14-15,19,21H,3,6-7,12-13H2,1-2H3. The van der Waals surface area contributed by atoms with E-state index in [-0.39, 0.29) is 16.7 Å². The topological polar surface area (TPSA) is 66.5 Å². The molecule has 0 spiro atoms. The van der Waals surface area contributed by atoms with Crippen LogP contribution >= 0.6 is 0 Å². The molecule has 1 saturated heterocycles. The zero-order chi connectivity index (χ0) is 18.7. The molecule has 26 heavy (non-hydrogen) atoms. The molecule has 1 N–H and O–H groups in total. The molecule has 0 saturated carbocycles. The number of nitrogens with one attached hydrogen (secondary N) is 1. The van der Waals surface area contributed by atoms with Crippen LogP contribution in [0, 0.1) is 5.92 Å². The Morgan fingerprint density at radius 3 is 2.31 bits per heavy atom. The van der Waals surface area contributed by atoms with Crippen molar-refractivity contribution in [2.45, 2.75) is 44.0 Å². The summed E-state index contributed by atoms with van der Waals surface area (Å²) in [4.78, 5) is 14.8. The third kappa shape index (κ3) is 4.07. The maximum absolute atomic E-state index is 12.9. The first-order valence-electron chi connectivity index (χ1n) is 9.18. The van der Waals surface area contributed by atoms with Gasteiger partial charge in [-0.05, 0) is 48.1 Å². The van der Waals surface area contributed by atoms with Crippen LogP contribution in [0.4, 0.5) is 0 Å². The Balaban J connectivity index is 1.85. The maximum atomic E-state index is 12.9. The van der Waals surface area contributed by atoms with Crippen LogP contribution in [0.3, 0.4) is 0 Å². The van der Waals surface area contributed by atoms with Crippen LogP contribution in [-0.4, -0.2) is 38.4 Å². The summed E-state index contributed by atoms with van der Waals surface area (Å²) in [5.41, 5.74) is 0. The minimum atomic E-state index is -3.78. The Morgan fingerprint density at radius 2 is 1.65 bits per heavy atom. The SMILES string of the molecule is CC(C)C(NS(=O)(=O)c1ccc2ccccc2c1)C(=O)N1CCCCC1. The van der Waals surface area contributed by atoms with E-state index in [2.05, 4.69) is 4.72 Å². The van der Waals surface area contributed by atoms with Crippen molar-refractivity contribution in [1.82, 2.24) is 9.62 Å². The molecule has 6 heteroatoms. The van der Waals surface area contributed by atoms with Gasteiger partial charge in [0.1, 0.15) is 6.04 Å². The largest absolute Gasteiger partial charge is 0.341 e. The van der Waals surface area contributed by atoms with Crippen molar-refractivity contribution in [2.75, 3.05) is 13.1 Å². The summed E-state index contributed by atoms with van der Waals surface area (Å²) in [6.07, 6.45) is 3.08. The number of sulfonamides is 1. The van der Waals surface area contributed by atoms with Crippen LogP contribution in [0.5, 0.6) is 0 Å². The van der Waals surface area contributed by atoms with Crippen molar-refractivity contribution in [3.05, 3.63) is 42.5 Å². The second kappa shape index (κ2) is 7.76. The molecule has 2 aromatic carbocycles. The third-order valence-electron chi connectivity index (χ3n) is 4.91. The number of carbonyl (C=O) groups excluding carboxylic acids is 1. The second-order valence-corrected chi connectivity index (χ2v) is 8.95. The Bertz CT molecular complexity index is 887. The number of fused-ring (bicyclic) bond motifs is 1. The summed E-state index contributed by atoms with van der Waals surface area (Å²) in [6, 6.07) is 11.9. The molecule has 0 radical (unpaired) electrons. The van der Waals surface area contributed by atoms with E-state index in [1.807, 2.05) is 38.1 Å². The van der Waals surface area contributed by atoms with E-state index >= 15 is 0 Å². The average molecular weight is 375 g/mol. The van der Waals surface area contributed by atoms with Crippen molar-refractivity contribution >= 4 is 26.7 Å². The Kier molecular flexibility index (Phi) is 5.63. The summed E-state index contributed by atoms with van der Waals surface area (Å²) >= 11 is 0. The highest BCUT2D eigenvalue weighted by Gasteiger charge is 2.32. The van der Waals surface area contributed by atoms with Crippen molar-refractivity contribution in [2.24, 2.45) is 5.92 Å². The number of benzene rings is 2. The molecule has 1 aliphatic heterocycles. The van der Waals surface area contributed by atoms with E-state index in [4.69, 9.17) is 0 Å². The number of likely N-dealkylation sites (tertiary alicyclic amines) is 1. The first kappa shape index (κ1) is 18.9. The molecule has 1 aliphatic rings. The summed E-state index contributed by atoms with van der Waals surface area (Å²) in [6.45, 7) is 5.16. The van der Waals surface area contributed by atoms with Crippen LogP contribution in [0.25, 0.3) is 10.8 Å². The van der Waals surface area contributed by atoms with Crippen LogP contribution in [0.15, 0.2) is 47.4 Å². The molecule has 5 nitrogen and oxygen atoms in total. The van der Waals surface area contributed by atoms with Crippen LogP contribution in [0.1, 0.15) is 33.1 Å². The van der Waals surface area contributed by atoms with Gasteiger partial charge < -0.3 is 4.90 Å². The molecule has 0 aliphatic carbocycles. The fraction of sp³-hybridized carbons (Fsp3) is 0.450. The number of rotatable bonds is 5. The summed E-state index contributed by atoms with van der Waals surface area (Å²) in [7, 11) is -3.78. The molecule has 2 aromatic rings. The number of piperidine rings is 1. The highest BCUT2D eigenvalue weighted by Crippen LogP contribution is 2.21. The average Bonchev–Trinajstić information content (AvgIpc) is 2.65. The van der Waals surface area contributed by atoms with Gasteiger partial charge in [-0.2, -0.15) is 4.72 Å². The van der Waals surface area contributed by atoms with E-state index < -0.39 is 16.1 Å². The summed E-state index contributed by atoms with van der Waals surface area (Å²) in [5, 5.41) is 1.84. The lowest BCUT2D eigenvalue weighted by Crippen LogP contribution is -2.52. The third-order valence-corrected chi connectivity index (χ3v) is 6.35. The lowest BCUT2D eigenvalue weighted by atomic mass is 10.0. The molecule has 1 amide bonds. The molecule has 1 heterocycles. The van der Waals surface area contributed by atoms with Crippen molar-refractivity contribution in [3.8, 4) is 0 Å². The number of hydrogen-bond donors (Lipinski definition) is 1. The van der Waals surface area contributed by atoms with Crippen molar-refractivity contribution < 1.29 is 13.2 Å². The van der Waals surface area contributed by atoms with Gasteiger partial charge in [0, 0.05) is 13.1 Å². The Morgan fingerprint density at radius 1 is 1.00 bits per heavy atom. The van der Waals surface area contributed by atoms with Gasteiger partial charge in [0.2, 0.25) is 15.9 Å². The Hall–Kier alpha value is -1.92. The van der Waals surface area contributed by atoms with Gasteiger partial charge in [0.15, 0.2) is 0 Å². The molecule has 1 atom stereocenters. The second-order valence-electron chi connectivity index (χ2n) is 7.24. The molecule has 140 valence electrons. The monoisotopic (exact) mass is 374 g/mol. The number of carbonyl (C=O) groups is 1. The fourth-order valence-electron chi connectivity index (χ4n) is 3.35. The quantitative estimate of drug-likeness (QED) is 0.874. The first-order chi connectivity index (χ1) is 12.4. The molecule has 0 bridgehead atoms. The van der Waals surface area contributed by atoms with Crippen LogP contribution in [-0.2, 0) is 14.8 Å². The minimum Gasteiger partial charge on any atom is -0.341 e. The van der Waals surface area contributed by atoms with Gasteiger partial charge in [-0.3, -0.25) is 4.79 Å². The number of amides is 1. The number of nitrogens with zero attached hydrogens (tertiary/aromatic N) is 1. The fourth-order valence-corrected chi connectivity index (χ4v) is 4.73. The van der Waals surface area contributed by atoms with E-state index in [1.54, 1.807) is 23.1 Å². The summed E-state index contributed by atoms with van der Waals surface area (Å²) < 4.78 is 28.4. The zero-order valence-corrected chi connectivity index (χ0v) is 16.1. The lowest BCUT2D eigenvalue weighted by molar-refractivity contribution is -0.134. The van der Waals surface area contributed by atoms with Gasteiger partial charge in [-0.1, -0.05) is 44.2 Å². The van der Waals surface area contributed by atoms with Gasteiger partial charge in [0.25, 0.3) is 0 Å². The molecule has 1 fully saturated rings. The van der Waals surface area contributed by atoms with E-state index in [9.17, 15) is 13.2 Å². The highest BCUT2D eigenvalue weighted by atomic mass is 32.2. The highest BCUT2D eigenvalue weighted by molar-refractivity contribution is 7.89. The zero-order valence-electron chi connectivity index (χ0n) is 15.3.